The zero-order valence-corrected chi connectivity index (χ0v) is 12.3. The molecule has 2 saturated heterocycles. The van der Waals surface area contributed by atoms with Gasteiger partial charge in [0.1, 0.15) is 11.3 Å². The third kappa shape index (κ3) is 1.78. The van der Waals surface area contributed by atoms with Crippen LogP contribution in [0.25, 0.3) is 11.2 Å². The molecule has 3 unspecified atom stereocenters. The second-order valence-electron chi connectivity index (χ2n) is 5.81. The van der Waals surface area contributed by atoms with Gasteiger partial charge in [-0.1, -0.05) is 0 Å². The summed E-state index contributed by atoms with van der Waals surface area (Å²) in [5.74, 6) is 1.64. The molecule has 0 N–H and O–H groups in total. The van der Waals surface area contributed by atoms with Crippen LogP contribution in [-0.4, -0.2) is 32.6 Å². The van der Waals surface area contributed by atoms with E-state index in [0.717, 1.165) is 36.3 Å². The van der Waals surface area contributed by atoms with Crippen LogP contribution in [0, 0.1) is 6.92 Å². The summed E-state index contributed by atoms with van der Waals surface area (Å²) >= 11 is 5.96. The molecular formula is C15H18ClN3O. The van der Waals surface area contributed by atoms with E-state index < -0.39 is 0 Å². The van der Waals surface area contributed by atoms with Crippen molar-refractivity contribution >= 4 is 22.8 Å². The lowest BCUT2D eigenvalue weighted by molar-refractivity contribution is 0.0939. The van der Waals surface area contributed by atoms with Gasteiger partial charge < -0.3 is 9.30 Å². The Morgan fingerprint density at radius 1 is 1.45 bits per heavy atom. The van der Waals surface area contributed by atoms with Crippen molar-refractivity contribution in [3.8, 4) is 0 Å². The number of aromatic nitrogens is 3. The molecule has 0 saturated carbocycles. The van der Waals surface area contributed by atoms with Crippen LogP contribution in [0.2, 0.25) is 0 Å². The number of rotatable bonds is 3. The molecule has 0 radical (unpaired) electrons. The van der Waals surface area contributed by atoms with E-state index in [-0.39, 0.29) is 0 Å². The summed E-state index contributed by atoms with van der Waals surface area (Å²) in [6.07, 6.45) is 6.84. The number of pyridine rings is 1. The monoisotopic (exact) mass is 291 g/mol. The fraction of sp³-hybridized carbons (Fsp3) is 0.600. The Bertz CT molecular complexity index is 654. The average Bonchev–Trinajstić information content (AvgIpc) is 3.12. The van der Waals surface area contributed by atoms with Gasteiger partial charge in [0.15, 0.2) is 5.65 Å². The first kappa shape index (κ1) is 12.6. The van der Waals surface area contributed by atoms with Crippen molar-refractivity contribution in [2.45, 2.75) is 50.9 Å². The minimum Gasteiger partial charge on any atom is -0.373 e. The predicted octanol–water partition coefficient (Wildman–Crippen LogP) is 3.01. The zero-order chi connectivity index (χ0) is 13.7. The number of hydrogen-bond donors (Lipinski definition) is 0. The van der Waals surface area contributed by atoms with Crippen LogP contribution in [0.5, 0.6) is 0 Å². The Labute approximate surface area is 123 Å². The van der Waals surface area contributed by atoms with E-state index in [1.54, 1.807) is 0 Å². The zero-order valence-electron chi connectivity index (χ0n) is 11.6. The SMILES string of the molecule is Cc1ccnc2c1nc(CCCl)n2C1CC2CCC1O2. The lowest BCUT2D eigenvalue weighted by atomic mass is 9.95. The summed E-state index contributed by atoms with van der Waals surface area (Å²) in [4.78, 5) is 9.37. The summed E-state index contributed by atoms with van der Waals surface area (Å²) in [7, 11) is 0. The van der Waals surface area contributed by atoms with Crippen LogP contribution < -0.4 is 0 Å². The maximum atomic E-state index is 6.01. The molecule has 2 aliphatic heterocycles. The Kier molecular flexibility index (Phi) is 2.97. The van der Waals surface area contributed by atoms with Gasteiger partial charge in [-0.15, -0.1) is 11.6 Å². The normalized spacial score (nSPS) is 28.6. The summed E-state index contributed by atoms with van der Waals surface area (Å²) in [6.45, 7) is 2.09. The molecule has 4 rings (SSSR count). The van der Waals surface area contributed by atoms with Gasteiger partial charge >= 0.3 is 0 Å². The predicted molar refractivity (Wildman–Crippen MR) is 78.2 cm³/mol. The molecule has 0 spiro atoms. The Hall–Kier alpha value is -1.13. The average molecular weight is 292 g/mol. The molecule has 5 heteroatoms. The number of alkyl halides is 1. The van der Waals surface area contributed by atoms with E-state index in [4.69, 9.17) is 21.3 Å². The number of imidazole rings is 1. The molecule has 2 bridgehead atoms. The van der Waals surface area contributed by atoms with Crippen molar-refractivity contribution in [1.29, 1.82) is 0 Å². The van der Waals surface area contributed by atoms with Gasteiger partial charge in [-0.2, -0.15) is 0 Å². The lowest BCUT2D eigenvalue weighted by Crippen LogP contribution is -2.23. The van der Waals surface area contributed by atoms with E-state index in [0.29, 0.717) is 24.1 Å². The summed E-state index contributed by atoms with van der Waals surface area (Å²) < 4.78 is 8.31. The fourth-order valence-electron chi connectivity index (χ4n) is 3.65. The molecule has 0 aliphatic carbocycles. The Morgan fingerprint density at radius 3 is 3.05 bits per heavy atom. The molecular weight excluding hydrogens is 274 g/mol. The van der Waals surface area contributed by atoms with Gasteiger partial charge in [0, 0.05) is 18.5 Å². The highest BCUT2D eigenvalue weighted by molar-refractivity contribution is 6.17. The second kappa shape index (κ2) is 4.71. The topological polar surface area (TPSA) is 39.9 Å². The minimum atomic E-state index is 0.328. The number of ether oxygens (including phenoxy) is 1. The molecule has 2 fully saturated rings. The van der Waals surface area contributed by atoms with E-state index in [1.807, 2.05) is 12.3 Å². The standard InChI is InChI=1S/C15H18ClN3O/c1-9-5-7-17-15-14(9)18-13(4-6-16)19(15)11-8-10-2-3-12(11)20-10/h5,7,10-12H,2-4,6,8H2,1H3. The van der Waals surface area contributed by atoms with Crippen LogP contribution >= 0.6 is 11.6 Å². The third-order valence-electron chi connectivity index (χ3n) is 4.58. The van der Waals surface area contributed by atoms with Crippen molar-refractivity contribution in [3.05, 3.63) is 23.7 Å². The summed E-state index contributed by atoms with van der Waals surface area (Å²) in [5.41, 5.74) is 3.18. The molecule has 0 amide bonds. The van der Waals surface area contributed by atoms with E-state index >= 15 is 0 Å². The molecule has 2 aliphatic rings. The van der Waals surface area contributed by atoms with Gasteiger partial charge in [0.05, 0.1) is 18.2 Å². The largest absolute Gasteiger partial charge is 0.373 e. The van der Waals surface area contributed by atoms with Gasteiger partial charge in [-0.3, -0.25) is 0 Å². The van der Waals surface area contributed by atoms with Gasteiger partial charge in [0.2, 0.25) is 0 Å². The number of hydrogen-bond acceptors (Lipinski definition) is 3. The highest BCUT2D eigenvalue weighted by atomic mass is 35.5. The molecule has 106 valence electrons. The molecule has 0 aromatic carbocycles. The second-order valence-corrected chi connectivity index (χ2v) is 6.19. The van der Waals surface area contributed by atoms with E-state index in [2.05, 4.69) is 16.5 Å². The van der Waals surface area contributed by atoms with Gasteiger partial charge in [-0.05, 0) is 37.8 Å². The first-order valence-corrected chi connectivity index (χ1v) is 7.85. The molecule has 2 aromatic heterocycles. The van der Waals surface area contributed by atoms with Crippen molar-refractivity contribution in [2.24, 2.45) is 0 Å². The fourth-order valence-corrected chi connectivity index (χ4v) is 3.82. The van der Waals surface area contributed by atoms with Crippen molar-refractivity contribution < 1.29 is 4.74 Å². The third-order valence-corrected chi connectivity index (χ3v) is 4.77. The van der Waals surface area contributed by atoms with Crippen LogP contribution in [0.15, 0.2) is 12.3 Å². The number of nitrogens with zero attached hydrogens (tertiary/aromatic N) is 3. The number of aryl methyl sites for hydroxylation is 2. The summed E-state index contributed by atoms with van der Waals surface area (Å²) in [5, 5.41) is 0. The highest BCUT2D eigenvalue weighted by Crippen LogP contribution is 2.43. The first-order valence-electron chi connectivity index (χ1n) is 7.31. The smallest absolute Gasteiger partial charge is 0.160 e. The summed E-state index contributed by atoms with van der Waals surface area (Å²) in [6, 6.07) is 2.40. The minimum absolute atomic E-state index is 0.328. The maximum Gasteiger partial charge on any atom is 0.160 e. The van der Waals surface area contributed by atoms with Crippen LogP contribution in [-0.2, 0) is 11.2 Å². The Balaban J connectivity index is 1.87. The van der Waals surface area contributed by atoms with Crippen molar-refractivity contribution in [1.82, 2.24) is 14.5 Å². The first-order chi connectivity index (χ1) is 9.78. The van der Waals surface area contributed by atoms with Crippen LogP contribution in [0.4, 0.5) is 0 Å². The van der Waals surface area contributed by atoms with E-state index in [1.165, 1.54) is 12.0 Å². The number of fused-ring (bicyclic) bond motifs is 3. The van der Waals surface area contributed by atoms with Crippen LogP contribution in [0.1, 0.15) is 36.7 Å². The molecule has 4 nitrogen and oxygen atoms in total. The Morgan fingerprint density at radius 2 is 2.35 bits per heavy atom. The van der Waals surface area contributed by atoms with Crippen molar-refractivity contribution in [3.63, 3.8) is 0 Å². The molecule has 3 atom stereocenters. The lowest BCUT2D eigenvalue weighted by Gasteiger charge is -2.22. The van der Waals surface area contributed by atoms with Gasteiger partial charge in [-0.25, -0.2) is 9.97 Å². The van der Waals surface area contributed by atoms with E-state index in [9.17, 15) is 0 Å². The van der Waals surface area contributed by atoms with Gasteiger partial charge in [0.25, 0.3) is 0 Å². The molecule has 2 aromatic rings. The molecule has 4 heterocycles. The molecule has 20 heavy (non-hydrogen) atoms. The highest BCUT2D eigenvalue weighted by Gasteiger charge is 2.43. The van der Waals surface area contributed by atoms with Crippen molar-refractivity contribution in [2.75, 3.05) is 5.88 Å². The number of halogens is 1. The quantitative estimate of drug-likeness (QED) is 0.816. The maximum absolute atomic E-state index is 6.01. The van der Waals surface area contributed by atoms with Crippen LogP contribution in [0.3, 0.4) is 0 Å².